The summed E-state index contributed by atoms with van der Waals surface area (Å²) < 4.78 is 8.19. The summed E-state index contributed by atoms with van der Waals surface area (Å²) in [7, 11) is 1.53. The molecule has 0 radical (unpaired) electrons. The van der Waals surface area contributed by atoms with Crippen LogP contribution in [-0.4, -0.2) is 22.0 Å². The van der Waals surface area contributed by atoms with Gasteiger partial charge < -0.3 is 4.74 Å². The van der Waals surface area contributed by atoms with Crippen molar-refractivity contribution in [2.75, 3.05) is 7.11 Å². The Morgan fingerprint density at radius 2 is 1.95 bits per heavy atom. The number of aromatic nitrogens is 2. The van der Waals surface area contributed by atoms with E-state index in [0.717, 1.165) is 5.56 Å². The van der Waals surface area contributed by atoms with E-state index in [1.54, 1.807) is 23.0 Å². The summed E-state index contributed by atoms with van der Waals surface area (Å²) in [5, 5.41) is 0. The Hall–Kier alpha value is -2.30. The van der Waals surface area contributed by atoms with E-state index < -0.39 is 0 Å². The molecule has 0 saturated carbocycles. The van der Waals surface area contributed by atoms with Crippen LogP contribution in [0.25, 0.3) is 0 Å². The van der Waals surface area contributed by atoms with Crippen molar-refractivity contribution in [2.45, 2.75) is 26.9 Å². The van der Waals surface area contributed by atoms with Crippen LogP contribution in [0.2, 0.25) is 0 Å². The van der Waals surface area contributed by atoms with Crippen molar-refractivity contribution < 1.29 is 9.53 Å². The second kappa shape index (κ2) is 5.77. The summed E-state index contributed by atoms with van der Waals surface area (Å²) in [6.07, 6.45) is 3.31. The smallest absolute Gasteiger partial charge is 0.328 e. The summed E-state index contributed by atoms with van der Waals surface area (Å²) in [6, 6.07) is 5.40. The molecule has 106 valence electrons. The van der Waals surface area contributed by atoms with Crippen molar-refractivity contribution in [3.63, 3.8) is 0 Å². The van der Waals surface area contributed by atoms with Gasteiger partial charge in [-0.15, -0.1) is 0 Å². The lowest BCUT2D eigenvalue weighted by Crippen LogP contribution is -2.26. The zero-order valence-electron chi connectivity index (χ0n) is 11.9. The molecule has 2 aromatic rings. The first kappa shape index (κ1) is 14.1. The van der Waals surface area contributed by atoms with Crippen molar-refractivity contribution in [2.24, 2.45) is 0 Å². The van der Waals surface area contributed by atoms with Crippen molar-refractivity contribution in [3.05, 3.63) is 52.2 Å². The molecule has 0 spiro atoms. The molecule has 5 heteroatoms. The van der Waals surface area contributed by atoms with E-state index in [1.807, 2.05) is 26.0 Å². The lowest BCUT2D eigenvalue weighted by molar-refractivity contribution is 0.0967. The maximum absolute atomic E-state index is 12.3. The van der Waals surface area contributed by atoms with Crippen molar-refractivity contribution >= 4 is 5.78 Å². The van der Waals surface area contributed by atoms with E-state index in [9.17, 15) is 9.59 Å². The minimum atomic E-state index is -0.174. The molecule has 0 amide bonds. The van der Waals surface area contributed by atoms with Gasteiger partial charge in [0.2, 0.25) is 0 Å². The fraction of sp³-hybridized carbons (Fsp3) is 0.333. The molecule has 0 bridgehead atoms. The first-order chi connectivity index (χ1) is 9.56. The number of rotatable bonds is 5. The second-order valence-electron chi connectivity index (χ2n) is 4.62. The number of benzene rings is 1. The van der Waals surface area contributed by atoms with Crippen LogP contribution in [0.4, 0.5) is 0 Å². The molecule has 0 aliphatic heterocycles. The van der Waals surface area contributed by atoms with E-state index in [1.165, 1.54) is 11.7 Å². The van der Waals surface area contributed by atoms with Gasteiger partial charge in [0.15, 0.2) is 5.78 Å². The predicted molar refractivity (Wildman–Crippen MR) is 76.4 cm³/mol. The lowest BCUT2D eigenvalue weighted by atomic mass is 10.1. The number of methoxy groups -OCH3 is 1. The van der Waals surface area contributed by atoms with E-state index in [4.69, 9.17) is 4.74 Å². The van der Waals surface area contributed by atoms with Crippen molar-refractivity contribution in [3.8, 4) is 5.75 Å². The van der Waals surface area contributed by atoms with Gasteiger partial charge in [-0.3, -0.25) is 13.9 Å². The molecule has 0 atom stereocenters. The zero-order valence-corrected chi connectivity index (χ0v) is 11.9. The monoisotopic (exact) mass is 274 g/mol. The quantitative estimate of drug-likeness (QED) is 0.782. The molecular formula is C15H18N2O3. The highest BCUT2D eigenvalue weighted by Gasteiger charge is 2.14. The number of hydrogen-bond acceptors (Lipinski definition) is 3. The Morgan fingerprint density at radius 3 is 2.55 bits per heavy atom. The number of Topliss-reactive ketones (excluding diaryl/α,β-unsaturated/α-hetero) is 1. The van der Waals surface area contributed by atoms with E-state index in [0.29, 0.717) is 17.9 Å². The Morgan fingerprint density at radius 1 is 1.25 bits per heavy atom. The first-order valence-corrected chi connectivity index (χ1v) is 6.50. The van der Waals surface area contributed by atoms with Crippen LogP contribution < -0.4 is 10.4 Å². The van der Waals surface area contributed by atoms with Gasteiger partial charge in [0.1, 0.15) is 5.75 Å². The number of carbonyl (C=O) groups excluding carboxylic acids is 1. The Labute approximate surface area is 117 Å². The Bertz CT molecular complexity index is 683. The molecule has 0 saturated heterocycles. The summed E-state index contributed by atoms with van der Waals surface area (Å²) in [4.78, 5) is 24.2. The highest BCUT2D eigenvalue weighted by molar-refractivity contribution is 5.98. The lowest BCUT2D eigenvalue weighted by Gasteiger charge is -2.08. The number of aryl methyl sites for hydroxylation is 2. The van der Waals surface area contributed by atoms with Crippen LogP contribution in [0.3, 0.4) is 0 Å². The number of imidazole rings is 1. The van der Waals surface area contributed by atoms with Crippen molar-refractivity contribution in [1.29, 1.82) is 0 Å². The maximum atomic E-state index is 12.3. The van der Waals surface area contributed by atoms with E-state index in [-0.39, 0.29) is 18.0 Å². The average Bonchev–Trinajstić information content (AvgIpc) is 2.79. The fourth-order valence-electron chi connectivity index (χ4n) is 2.08. The number of nitrogens with zero attached hydrogens (tertiary/aromatic N) is 2. The van der Waals surface area contributed by atoms with Crippen LogP contribution in [0.1, 0.15) is 22.8 Å². The van der Waals surface area contributed by atoms with Gasteiger partial charge in [0, 0.05) is 18.9 Å². The van der Waals surface area contributed by atoms with Gasteiger partial charge in [-0.2, -0.15) is 0 Å². The van der Waals surface area contributed by atoms with E-state index in [2.05, 4.69) is 0 Å². The minimum Gasteiger partial charge on any atom is -0.496 e. The third kappa shape index (κ3) is 2.66. The van der Waals surface area contributed by atoms with Crippen molar-refractivity contribution in [1.82, 2.24) is 9.13 Å². The standard InChI is InChI=1S/C15H18N2O3/c1-4-16-7-8-17(15(16)19)10-13(18)12-6-5-11(2)9-14(12)20-3/h5-9H,4,10H2,1-3H3. The number of hydrogen-bond donors (Lipinski definition) is 0. The molecule has 1 aromatic heterocycles. The van der Waals surface area contributed by atoms with Crippen LogP contribution in [-0.2, 0) is 13.1 Å². The molecule has 0 unspecified atom stereocenters. The van der Waals surface area contributed by atoms with Gasteiger partial charge in [-0.05, 0) is 31.5 Å². The second-order valence-corrected chi connectivity index (χ2v) is 4.62. The molecule has 1 aromatic carbocycles. The number of ketones is 1. The molecule has 1 heterocycles. The van der Waals surface area contributed by atoms with Crippen LogP contribution in [0.5, 0.6) is 5.75 Å². The molecular weight excluding hydrogens is 256 g/mol. The molecule has 0 N–H and O–H groups in total. The molecule has 2 rings (SSSR count). The SMILES string of the molecule is CCn1ccn(CC(=O)c2ccc(C)cc2OC)c1=O. The molecule has 0 fully saturated rings. The number of carbonyl (C=O) groups is 1. The maximum Gasteiger partial charge on any atom is 0.328 e. The largest absolute Gasteiger partial charge is 0.496 e. The Kier molecular flexibility index (Phi) is 4.08. The van der Waals surface area contributed by atoms with Gasteiger partial charge in [-0.1, -0.05) is 6.07 Å². The first-order valence-electron chi connectivity index (χ1n) is 6.50. The summed E-state index contributed by atoms with van der Waals surface area (Å²) in [6.45, 7) is 4.43. The van der Waals surface area contributed by atoms with Gasteiger partial charge in [0.25, 0.3) is 0 Å². The third-order valence-electron chi connectivity index (χ3n) is 3.23. The van der Waals surface area contributed by atoms with Crippen LogP contribution in [0.15, 0.2) is 35.4 Å². The van der Waals surface area contributed by atoms with Crippen LogP contribution >= 0.6 is 0 Å². The summed E-state index contributed by atoms with van der Waals surface area (Å²) in [5.74, 6) is 0.399. The molecule has 0 aliphatic rings. The summed E-state index contributed by atoms with van der Waals surface area (Å²) >= 11 is 0. The average molecular weight is 274 g/mol. The topological polar surface area (TPSA) is 53.2 Å². The Balaban J connectivity index is 2.28. The normalized spacial score (nSPS) is 10.6. The van der Waals surface area contributed by atoms with Crippen LogP contribution in [0, 0.1) is 6.92 Å². The highest BCUT2D eigenvalue weighted by atomic mass is 16.5. The molecule has 20 heavy (non-hydrogen) atoms. The summed E-state index contributed by atoms with van der Waals surface area (Å²) in [5.41, 5.74) is 1.34. The molecule has 0 aliphatic carbocycles. The van der Waals surface area contributed by atoms with E-state index >= 15 is 0 Å². The third-order valence-corrected chi connectivity index (χ3v) is 3.23. The van der Waals surface area contributed by atoms with Gasteiger partial charge >= 0.3 is 5.69 Å². The zero-order chi connectivity index (χ0) is 14.7. The predicted octanol–water partition coefficient (Wildman–Crippen LogP) is 1.87. The number of ether oxygens (including phenoxy) is 1. The molecule has 5 nitrogen and oxygen atoms in total. The van der Waals surface area contributed by atoms with Gasteiger partial charge in [0.05, 0.1) is 19.2 Å². The highest BCUT2D eigenvalue weighted by Crippen LogP contribution is 2.20. The fourth-order valence-corrected chi connectivity index (χ4v) is 2.08. The van der Waals surface area contributed by atoms with Gasteiger partial charge in [-0.25, -0.2) is 4.79 Å². The minimum absolute atomic E-state index is 0.0191.